The first-order chi connectivity index (χ1) is 10.7. The molecule has 1 atom stereocenters. The Morgan fingerprint density at radius 3 is 2.77 bits per heavy atom. The van der Waals surface area contributed by atoms with Crippen molar-refractivity contribution in [2.75, 3.05) is 0 Å². The van der Waals surface area contributed by atoms with E-state index in [0.717, 1.165) is 11.6 Å². The molecule has 2 heterocycles. The Bertz CT molecular complexity index is 597. The van der Waals surface area contributed by atoms with Crippen LogP contribution < -0.4 is 0 Å². The number of aromatic nitrogens is 1. The summed E-state index contributed by atoms with van der Waals surface area (Å²) in [6.45, 7) is 6.63. The molecule has 0 amide bonds. The predicted molar refractivity (Wildman–Crippen MR) is 99.2 cm³/mol. The van der Waals surface area contributed by atoms with Gasteiger partial charge in [-0.25, -0.2) is 0 Å². The van der Waals surface area contributed by atoms with E-state index < -0.39 is 0 Å². The molecule has 1 unspecified atom stereocenters. The van der Waals surface area contributed by atoms with Gasteiger partial charge in [0, 0.05) is 21.6 Å². The van der Waals surface area contributed by atoms with Crippen LogP contribution in [0.2, 0.25) is 0 Å². The molecule has 0 aliphatic carbocycles. The molecule has 0 fully saturated rings. The number of pyridine rings is 1. The third-order valence-corrected chi connectivity index (χ3v) is 5.15. The fraction of sp³-hybridized carbons (Fsp3) is 0.450. The highest BCUT2D eigenvalue weighted by molar-refractivity contribution is 7.12. The van der Waals surface area contributed by atoms with E-state index in [-0.39, 0.29) is 0 Å². The van der Waals surface area contributed by atoms with Crippen molar-refractivity contribution in [3.8, 4) is 0 Å². The van der Waals surface area contributed by atoms with Crippen molar-refractivity contribution in [1.29, 1.82) is 0 Å². The van der Waals surface area contributed by atoms with Crippen molar-refractivity contribution in [2.45, 2.75) is 52.9 Å². The van der Waals surface area contributed by atoms with E-state index in [2.05, 4.69) is 55.2 Å². The highest BCUT2D eigenvalue weighted by Crippen LogP contribution is 2.25. The Hall–Kier alpha value is -1.41. The summed E-state index contributed by atoms with van der Waals surface area (Å²) < 4.78 is 0. The lowest BCUT2D eigenvalue weighted by molar-refractivity contribution is 0.452. The monoisotopic (exact) mass is 313 g/mol. The summed E-state index contributed by atoms with van der Waals surface area (Å²) in [7, 11) is 0. The molecule has 0 aromatic carbocycles. The summed E-state index contributed by atoms with van der Waals surface area (Å²) >= 11 is 1.93. The molecule has 0 saturated carbocycles. The zero-order valence-corrected chi connectivity index (χ0v) is 14.8. The maximum atomic E-state index is 4.23. The average molecular weight is 314 g/mol. The van der Waals surface area contributed by atoms with Gasteiger partial charge in [-0.05, 0) is 55.2 Å². The third kappa shape index (κ3) is 5.42. The fourth-order valence-electron chi connectivity index (χ4n) is 2.67. The highest BCUT2D eigenvalue weighted by Gasteiger charge is 2.08. The lowest BCUT2D eigenvalue weighted by Crippen LogP contribution is -2.01. The molecule has 0 spiro atoms. The van der Waals surface area contributed by atoms with E-state index >= 15 is 0 Å². The number of nitrogens with zero attached hydrogens (tertiary/aromatic N) is 1. The highest BCUT2D eigenvalue weighted by atomic mass is 32.1. The fourth-order valence-corrected chi connectivity index (χ4v) is 3.70. The van der Waals surface area contributed by atoms with Gasteiger partial charge in [0.25, 0.3) is 0 Å². The Balaban J connectivity index is 1.96. The Morgan fingerprint density at radius 2 is 2.05 bits per heavy atom. The second-order valence-electron chi connectivity index (χ2n) is 5.99. The molecule has 2 rings (SSSR count). The first kappa shape index (κ1) is 17.0. The van der Waals surface area contributed by atoms with Crippen molar-refractivity contribution < 1.29 is 0 Å². The topological polar surface area (TPSA) is 12.9 Å². The molecule has 2 heteroatoms. The molecule has 0 N–H and O–H groups in total. The first-order valence-corrected chi connectivity index (χ1v) is 9.22. The summed E-state index contributed by atoms with van der Waals surface area (Å²) in [6.07, 6.45) is 12.8. The van der Waals surface area contributed by atoms with Gasteiger partial charge in [0.2, 0.25) is 0 Å². The predicted octanol–water partition coefficient (Wildman–Crippen LogP) is 6.38. The van der Waals surface area contributed by atoms with E-state index in [1.54, 1.807) is 0 Å². The molecular formula is C20H27NS. The molecule has 1 nitrogen and oxygen atoms in total. The van der Waals surface area contributed by atoms with Gasteiger partial charge in [-0.3, -0.25) is 4.98 Å². The SMILES string of the molecule is CCCCC(CC)Cc1ccc(/C=C/c2ccnc(C)c2)s1. The van der Waals surface area contributed by atoms with Crippen molar-refractivity contribution in [3.63, 3.8) is 0 Å². The van der Waals surface area contributed by atoms with Gasteiger partial charge in [0.15, 0.2) is 0 Å². The number of rotatable bonds is 8. The third-order valence-electron chi connectivity index (χ3n) is 4.08. The average Bonchev–Trinajstić information content (AvgIpc) is 2.97. The van der Waals surface area contributed by atoms with Crippen LogP contribution in [-0.2, 0) is 6.42 Å². The summed E-state index contributed by atoms with van der Waals surface area (Å²) in [5.74, 6) is 0.846. The quantitative estimate of drug-likeness (QED) is 0.551. The summed E-state index contributed by atoms with van der Waals surface area (Å²) in [5.41, 5.74) is 2.28. The van der Waals surface area contributed by atoms with Crippen LogP contribution >= 0.6 is 11.3 Å². The minimum absolute atomic E-state index is 0.846. The van der Waals surface area contributed by atoms with Gasteiger partial charge in [-0.1, -0.05) is 45.6 Å². The van der Waals surface area contributed by atoms with Gasteiger partial charge in [0.05, 0.1) is 0 Å². The largest absolute Gasteiger partial charge is 0.262 e. The van der Waals surface area contributed by atoms with Crippen molar-refractivity contribution in [2.24, 2.45) is 5.92 Å². The normalized spacial score (nSPS) is 12.9. The number of unbranched alkanes of at least 4 members (excludes halogenated alkanes) is 1. The molecule has 0 saturated heterocycles. The number of aryl methyl sites for hydroxylation is 1. The van der Waals surface area contributed by atoms with Gasteiger partial charge in [0.1, 0.15) is 0 Å². The molecule has 0 aliphatic rings. The van der Waals surface area contributed by atoms with Crippen LogP contribution in [0.4, 0.5) is 0 Å². The van der Waals surface area contributed by atoms with Crippen LogP contribution in [0.25, 0.3) is 12.2 Å². The van der Waals surface area contributed by atoms with Gasteiger partial charge in [-0.2, -0.15) is 0 Å². The maximum absolute atomic E-state index is 4.23. The van der Waals surface area contributed by atoms with Crippen LogP contribution in [0, 0.1) is 12.8 Å². The second kappa shape index (κ2) is 8.89. The zero-order chi connectivity index (χ0) is 15.8. The zero-order valence-electron chi connectivity index (χ0n) is 14.0. The first-order valence-electron chi connectivity index (χ1n) is 8.40. The molecule has 2 aromatic rings. The van der Waals surface area contributed by atoms with Gasteiger partial charge >= 0.3 is 0 Å². The molecular weight excluding hydrogens is 286 g/mol. The summed E-state index contributed by atoms with van der Waals surface area (Å²) in [4.78, 5) is 7.10. The van der Waals surface area contributed by atoms with Crippen molar-refractivity contribution >= 4 is 23.5 Å². The van der Waals surface area contributed by atoms with E-state index in [0.29, 0.717) is 0 Å². The minimum atomic E-state index is 0.846. The van der Waals surface area contributed by atoms with Crippen LogP contribution in [0.1, 0.15) is 60.5 Å². The molecule has 0 radical (unpaired) electrons. The van der Waals surface area contributed by atoms with Gasteiger partial charge in [-0.15, -0.1) is 11.3 Å². The van der Waals surface area contributed by atoms with Crippen LogP contribution in [0.5, 0.6) is 0 Å². The van der Waals surface area contributed by atoms with E-state index in [1.165, 1.54) is 47.4 Å². The van der Waals surface area contributed by atoms with E-state index in [4.69, 9.17) is 0 Å². The molecule has 2 aromatic heterocycles. The minimum Gasteiger partial charge on any atom is -0.262 e. The standard InChI is InChI=1S/C20H27NS/c1-4-6-7-17(5-2)15-20-11-10-19(22-20)9-8-18-12-13-21-16(3)14-18/h8-14,17H,4-7,15H2,1-3H3/b9-8+. The Labute approximate surface area is 139 Å². The molecule has 0 aliphatic heterocycles. The van der Waals surface area contributed by atoms with E-state index in [1.807, 2.05) is 24.5 Å². The number of hydrogen-bond donors (Lipinski definition) is 0. The van der Waals surface area contributed by atoms with Crippen LogP contribution in [-0.4, -0.2) is 4.98 Å². The summed E-state index contributed by atoms with van der Waals surface area (Å²) in [6, 6.07) is 8.71. The smallest absolute Gasteiger partial charge is 0.0378 e. The Morgan fingerprint density at radius 1 is 1.18 bits per heavy atom. The van der Waals surface area contributed by atoms with Gasteiger partial charge < -0.3 is 0 Å². The van der Waals surface area contributed by atoms with Crippen LogP contribution in [0.3, 0.4) is 0 Å². The molecule has 22 heavy (non-hydrogen) atoms. The lowest BCUT2D eigenvalue weighted by Gasteiger charge is -2.12. The number of hydrogen-bond acceptors (Lipinski definition) is 2. The number of thiophene rings is 1. The second-order valence-corrected chi connectivity index (χ2v) is 7.19. The van der Waals surface area contributed by atoms with Crippen molar-refractivity contribution in [1.82, 2.24) is 4.98 Å². The maximum Gasteiger partial charge on any atom is 0.0378 e. The lowest BCUT2D eigenvalue weighted by atomic mass is 9.95. The van der Waals surface area contributed by atoms with Crippen molar-refractivity contribution in [3.05, 3.63) is 51.5 Å². The molecule has 118 valence electrons. The Kier molecular flexibility index (Phi) is 6.85. The van der Waals surface area contributed by atoms with Crippen LogP contribution in [0.15, 0.2) is 30.5 Å². The summed E-state index contributed by atoms with van der Waals surface area (Å²) in [5, 5.41) is 0. The van der Waals surface area contributed by atoms with E-state index in [9.17, 15) is 0 Å². The molecule has 0 bridgehead atoms.